The Morgan fingerprint density at radius 1 is 1.24 bits per heavy atom. The van der Waals surface area contributed by atoms with Crippen molar-refractivity contribution in [3.63, 3.8) is 0 Å². The van der Waals surface area contributed by atoms with Crippen LogP contribution >= 0.6 is 0 Å². The molecule has 0 bridgehead atoms. The van der Waals surface area contributed by atoms with Gasteiger partial charge in [0.05, 0.1) is 0 Å². The highest BCUT2D eigenvalue weighted by molar-refractivity contribution is 5.26. The third kappa shape index (κ3) is 4.29. The first-order valence-electron chi connectivity index (χ1n) is 8.06. The molecule has 1 saturated heterocycles. The fraction of sp³-hybridized carbons (Fsp3) is 0.667. The Morgan fingerprint density at radius 2 is 1.90 bits per heavy atom. The number of nitrogens with zero attached hydrogens (tertiary/aromatic N) is 1. The van der Waals surface area contributed by atoms with Crippen LogP contribution in [-0.2, 0) is 11.2 Å². The molecule has 1 fully saturated rings. The SMILES string of the molecule is Cc1ccccc1C[C@@H](C)NCC1(N(C)C)CCOCC1. The van der Waals surface area contributed by atoms with Crippen LogP contribution in [0.2, 0.25) is 0 Å². The molecule has 3 heteroatoms. The predicted molar refractivity (Wildman–Crippen MR) is 88.8 cm³/mol. The smallest absolute Gasteiger partial charge is 0.0484 e. The Morgan fingerprint density at radius 3 is 2.52 bits per heavy atom. The molecular formula is C18H30N2O. The number of nitrogens with one attached hydrogen (secondary N) is 1. The quantitative estimate of drug-likeness (QED) is 0.871. The van der Waals surface area contributed by atoms with Gasteiger partial charge in [0.2, 0.25) is 0 Å². The van der Waals surface area contributed by atoms with E-state index in [1.54, 1.807) is 0 Å². The van der Waals surface area contributed by atoms with Crippen molar-refractivity contribution in [1.29, 1.82) is 0 Å². The lowest BCUT2D eigenvalue weighted by atomic mass is 9.88. The van der Waals surface area contributed by atoms with Crippen LogP contribution in [0.3, 0.4) is 0 Å². The predicted octanol–water partition coefficient (Wildman–Crippen LogP) is 2.63. The largest absolute Gasteiger partial charge is 0.381 e. The summed E-state index contributed by atoms with van der Waals surface area (Å²) in [5, 5.41) is 3.75. The van der Waals surface area contributed by atoms with Gasteiger partial charge in [-0.3, -0.25) is 0 Å². The summed E-state index contributed by atoms with van der Waals surface area (Å²) in [5.41, 5.74) is 3.08. The van der Waals surface area contributed by atoms with Gasteiger partial charge in [-0.05, 0) is 58.3 Å². The Hall–Kier alpha value is -0.900. The topological polar surface area (TPSA) is 24.5 Å². The highest BCUT2D eigenvalue weighted by Crippen LogP contribution is 2.25. The average molecular weight is 290 g/mol. The molecule has 1 atom stereocenters. The molecule has 2 rings (SSSR count). The fourth-order valence-corrected chi connectivity index (χ4v) is 3.14. The molecule has 0 aromatic heterocycles. The van der Waals surface area contributed by atoms with Gasteiger partial charge < -0.3 is 15.0 Å². The molecule has 1 aromatic carbocycles. The maximum atomic E-state index is 5.54. The van der Waals surface area contributed by atoms with Crippen molar-refractivity contribution < 1.29 is 4.74 Å². The van der Waals surface area contributed by atoms with E-state index in [0.29, 0.717) is 6.04 Å². The van der Waals surface area contributed by atoms with Crippen molar-refractivity contribution in [2.24, 2.45) is 0 Å². The third-order valence-corrected chi connectivity index (χ3v) is 4.94. The molecule has 0 aliphatic carbocycles. The summed E-state index contributed by atoms with van der Waals surface area (Å²) in [4.78, 5) is 2.38. The van der Waals surface area contributed by atoms with Crippen molar-refractivity contribution in [3.05, 3.63) is 35.4 Å². The summed E-state index contributed by atoms with van der Waals surface area (Å²) in [6.45, 7) is 7.28. The van der Waals surface area contributed by atoms with Crippen LogP contribution in [0, 0.1) is 6.92 Å². The van der Waals surface area contributed by atoms with Gasteiger partial charge in [-0.2, -0.15) is 0 Å². The van der Waals surface area contributed by atoms with E-state index in [0.717, 1.165) is 39.0 Å². The third-order valence-electron chi connectivity index (χ3n) is 4.94. The lowest BCUT2D eigenvalue weighted by Gasteiger charge is -2.43. The molecule has 0 unspecified atom stereocenters. The Labute approximate surface area is 129 Å². The lowest BCUT2D eigenvalue weighted by molar-refractivity contribution is -0.00803. The zero-order valence-electron chi connectivity index (χ0n) is 14.0. The van der Waals surface area contributed by atoms with Gasteiger partial charge >= 0.3 is 0 Å². The fourth-order valence-electron chi connectivity index (χ4n) is 3.14. The monoisotopic (exact) mass is 290 g/mol. The van der Waals surface area contributed by atoms with E-state index in [1.165, 1.54) is 11.1 Å². The van der Waals surface area contributed by atoms with Gasteiger partial charge in [-0.1, -0.05) is 24.3 Å². The van der Waals surface area contributed by atoms with Crippen LogP contribution < -0.4 is 5.32 Å². The minimum Gasteiger partial charge on any atom is -0.381 e. The lowest BCUT2D eigenvalue weighted by Crippen LogP contribution is -2.56. The van der Waals surface area contributed by atoms with Crippen molar-refractivity contribution >= 4 is 0 Å². The van der Waals surface area contributed by atoms with Gasteiger partial charge in [-0.15, -0.1) is 0 Å². The summed E-state index contributed by atoms with van der Waals surface area (Å²) in [6.07, 6.45) is 3.32. The van der Waals surface area contributed by atoms with E-state index in [9.17, 15) is 0 Å². The average Bonchev–Trinajstić information content (AvgIpc) is 2.48. The van der Waals surface area contributed by atoms with E-state index in [-0.39, 0.29) is 5.54 Å². The summed E-state index contributed by atoms with van der Waals surface area (Å²) in [7, 11) is 4.39. The van der Waals surface area contributed by atoms with Crippen molar-refractivity contribution in [3.8, 4) is 0 Å². The molecule has 1 aliphatic heterocycles. The highest BCUT2D eigenvalue weighted by Gasteiger charge is 2.34. The summed E-state index contributed by atoms with van der Waals surface area (Å²) >= 11 is 0. The number of ether oxygens (including phenoxy) is 1. The first-order chi connectivity index (χ1) is 10.0. The number of hydrogen-bond acceptors (Lipinski definition) is 3. The van der Waals surface area contributed by atoms with Crippen LogP contribution in [0.4, 0.5) is 0 Å². The molecule has 1 aliphatic rings. The first kappa shape index (κ1) is 16.5. The standard InChI is InChI=1S/C18H30N2O/c1-15-7-5-6-8-17(15)13-16(2)19-14-18(20(3)4)9-11-21-12-10-18/h5-8,16,19H,9-14H2,1-4H3/t16-/m1/s1. The van der Waals surface area contributed by atoms with Crippen LogP contribution in [0.1, 0.15) is 30.9 Å². The number of aryl methyl sites for hydroxylation is 1. The highest BCUT2D eigenvalue weighted by atomic mass is 16.5. The van der Waals surface area contributed by atoms with Crippen molar-refractivity contribution in [2.75, 3.05) is 33.9 Å². The minimum absolute atomic E-state index is 0.248. The molecule has 0 amide bonds. The number of likely N-dealkylation sites (N-methyl/N-ethyl adjacent to an activating group) is 1. The second-order valence-corrected chi connectivity index (χ2v) is 6.64. The van der Waals surface area contributed by atoms with Crippen LogP contribution in [-0.4, -0.2) is 50.3 Å². The van der Waals surface area contributed by atoms with E-state index in [4.69, 9.17) is 4.74 Å². The molecule has 1 aromatic rings. The maximum absolute atomic E-state index is 5.54. The van der Waals surface area contributed by atoms with Crippen LogP contribution in [0.15, 0.2) is 24.3 Å². The normalized spacial score (nSPS) is 19.7. The molecule has 118 valence electrons. The number of benzene rings is 1. The van der Waals surface area contributed by atoms with E-state index in [2.05, 4.69) is 62.4 Å². The van der Waals surface area contributed by atoms with Crippen LogP contribution in [0.5, 0.6) is 0 Å². The summed E-state index contributed by atoms with van der Waals surface area (Å²) in [6, 6.07) is 9.17. The molecule has 1 heterocycles. The van der Waals surface area contributed by atoms with E-state index >= 15 is 0 Å². The maximum Gasteiger partial charge on any atom is 0.0484 e. The summed E-state index contributed by atoms with van der Waals surface area (Å²) < 4.78 is 5.54. The number of hydrogen-bond donors (Lipinski definition) is 1. The molecular weight excluding hydrogens is 260 g/mol. The first-order valence-corrected chi connectivity index (χ1v) is 8.06. The molecule has 0 saturated carbocycles. The van der Waals surface area contributed by atoms with Gasteiger partial charge in [0.15, 0.2) is 0 Å². The Kier molecular flexibility index (Phi) is 5.80. The summed E-state index contributed by atoms with van der Waals surface area (Å²) in [5.74, 6) is 0. The number of rotatable bonds is 6. The van der Waals surface area contributed by atoms with Crippen molar-refractivity contribution in [2.45, 2.75) is 44.7 Å². The molecule has 0 spiro atoms. The zero-order valence-corrected chi connectivity index (χ0v) is 14.0. The second-order valence-electron chi connectivity index (χ2n) is 6.64. The van der Waals surface area contributed by atoms with Gasteiger partial charge in [0.25, 0.3) is 0 Å². The second kappa shape index (κ2) is 7.39. The van der Waals surface area contributed by atoms with Gasteiger partial charge in [0, 0.05) is 31.3 Å². The van der Waals surface area contributed by atoms with E-state index < -0.39 is 0 Å². The molecule has 1 N–H and O–H groups in total. The Balaban J connectivity index is 1.90. The molecule has 3 nitrogen and oxygen atoms in total. The molecule has 0 radical (unpaired) electrons. The van der Waals surface area contributed by atoms with E-state index in [1.807, 2.05) is 0 Å². The zero-order chi connectivity index (χ0) is 15.3. The minimum atomic E-state index is 0.248. The van der Waals surface area contributed by atoms with Gasteiger partial charge in [-0.25, -0.2) is 0 Å². The van der Waals surface area contributed by atoms with Crippen molar-refractivity contribution in [1.82, 2.24) is 10.2 Å². The Bertz CT molecular complexity index is 439. The van der Waals surface area contributed by atoms with Crippen LogP contribution in [0.25, 0.3) is 0 Å². The van der Waals surface area contributed by atoms with Gasteiger partial charge in [0.1, 0.15) is 0 Å². The molecule has 21 heavy (non-hydrogen) atoms.